The van der Waals surface area contributed by atoms with Crippen molar-refractivity contribution in [3.63, 3.8) is 0 Å². The van der Waals surface area contributed by atoms with Crippen molar-refractivity contribution in [2.24, 2.45) is 5.41 Å². The van der Waals surface area contributed by atoms with Crippen LogP contribution in [0.5, 0.6) is 0 Å². The quantitative estimate of drug-likeness (QED) is 0.853. The monoisotopic (exact) mass is 301 g/mol. The summed E-state index contributed by atoms with van der Waals surface area (Å²) in [4.78, 5) is 25.0. The third-order valence-electron chi connectivity index (χ3n) is 5.21. The topological polar surface area (TPSA) is 66.8 Å². The molecule has 3 rings (SSSR count). The van der Waals surface area contributed by atoms with Crippen molar-refractivity contribution in [2.45, 2.75) is 24.7 Å². The summed E-state index contributed by atoms with van der Waals surface area (Å²) in [6, 6.07) is 9.66. The van der Waals surface area contributed by atoms with Gasteiger partial charge in [0.1, 0.15) is 5.41 Å². The lowest BCUT2D eigenvalue weighted by Gasteiger charge is -2.58. The van der Waals surface area contributed by atoms with Gasteiger partial charge in [0.05, 0.1) is 7.11 Å². The second-order valence-corrected chi connectivity index (χ2v) is 5.96. The van der Waals surface area contributed by atoms with E-state index in [4.69, 9.17) is 9.84 Å². The first kappa shape index (κ1) is 14.6. The molecular formula is C17H19NO4. The molecule has 116 valence electrons. The zero-order valence-electron chi connectivity index (χ0n) is 12.5. The number of hydrogen-bond donors (Lipinski definition) is 1. The molecule has 0 aromatic heterocycles. The van der Waals surface area contributed by atoms with Gasteiger partial charge < -0.3 is 9.84 Å². The molecule has 2 atom stereocenters. The molecule has 5 nitrogen and oxygen atoms in total. The van der Waals surface area contributed by atoms with Crippen LogP contribution in [0.4, 0.5) is 4.79 Å². The van der Waals surface area contributed by atoms with Crippen molar-refractivity contribution >= 4 is 12.1 Å². The zero-order chi connectivity index (χ0) is 15.8. The van der Waals surface area contributed by atoms with Crippen LogP contribution in [0.3, 0.4) is 0 Å². The van der Waals surface area contributed by atoms with Gasteiger partial charge in [0.15, 0.2) is 0 Å². The Bertz CT molecular complexity index is 627. The lowest BCUT2D eigenvalue weighted by molar-refractivity contribution is -0.161. The van der Waals surface area contributed by atoms with E-state index in [1.807, 2.05) is 36.4 Å². The second kappa shape index (κ2) is 5.16. The van der Waals surface area contributed by atoms with Gasteiger partial charge in [-0.25, -0.2) is 4.79 Å². The molecule has 2 aliphatic rings. The van der Waals surface area contributed by atoms with Gasteiger partial charge in [0, 0.05) is 18.2 Å². The van der Waals surface area contributed by atoms with Crippen LogP contribution in [0.25, 0.3) is 0 Å². The number of carboxylic acid groups (broad SMARTS) is 1. The highest BCUT2D eigenvalue weighted by Crippen LogP contribution is 2.62. The fourth-order valence-electron chi connectivity index (χ4n) is 3.88. The maximum Gasteiger partial charge on any atom is 0.411 e. The minimum Gasteiger partial charge on any atom is -0.468 e. The maximum atomic E-state index is 12.6. The summed E-state index contributed by atoms with van der Waals surface area (Å²) in [5, 5.41) is 9.08. The van der Waals surface area contributed by atoms with Crippen molar-refractivity contribution in [2.75, 3.05) is 13.7 Å². The van der Waals surface area contributed by atoms with E-state index >= 15 is 0 Å². The highest BCUT2D eigenvalue weighted by atomic mass is 16.5. The standard InChI is InChI=1S/C17H19NO4/c1-22-14(19)17(13-5-3-2-4-6-13)8-7-16(17)9-11-18(12-10-16)15(20)21/h2-6,9,11H,7-8,10,12H2,1H3,(H,20,21). The number of benzene rings is 1. The average molecular weight is 301 g/mol. The van der Waals surface area contributed by atoms with Crippen LogP contribution in [-0.4, -0.2) is 35.7 Å². The first-order chi connectivity index (χ1) is 10.6. The van der Waals surface area contributed by atoms with E-state index in [2.05, 4.69) is 0 Å². The first-order valence-electron chi connectivity index (χ1n) is 7.39. The molecule has 1 saturated carbocycles. The van der Waals surface area contributed by atoms with Crippen molar-refractivity contribution in [1.82, 2.24) is 4.90 Å². The summed E-state index contributed by atoms with van der Waals surface area (Å²) in [7, 11) is 1.41. The van der Waals surface area contributed by atoms with E-state index in [0.29, 0.717) is 13.0 Å². The van der Waals surface area contributed by atoms with E-state index in [1.165, 1.54) is 12.0 Å². The van der Waals surface area contributed by atoms with Crippen LogP contribution >= 0.6 is 0 Å². The van der Waals surface area contributed by atoms with Crippen LogP contribution in [0.2, 0.25) is 0 Å². The molecule has 1 amide bonds. The number of esters is 1. The fraction of sp³-hybridized carbons (Fsp3) is 0.412. The lowest BCUT2D eigenvalue weighted by Crippen LogP contribution is -2.61. The Labute approximate surface area is 129 Å². The van der Waals surface area contributed by atoms with Crippen LogP contribution in [0.1, 0.15) is 24.8 Å². The number of allylic oxidation sites excluding steroid dienone is 1. The molecule has 1 N–H and O–H groups in total. The molecule has 1 fully saturated rings. The number of nitrogens with zero attached hydrogens (tertiary/aromatic N) is 1. The first-order valence-corrected chi connectivity index (χ1v) is 7.39. The second-order valence-electron chi connectivity index (χ2n) is 5.96. The minimum atomic E-state index is -0.964. The smallest absolute Gasteiger partial charge is 0.411 e. The number of hydrogen-bond acceptors (Lipinski definition) is 3. The van der Waals surface area contributed by atoms with Gasteiger partial charge in [-0.1, -0.05) is 36.4 Å². The molecule has 1 spiro atoms. The van der Waals surface area contributed by atoms with E-state index in [0.717, 1.165) is 18.4 Å². The molecule has 1 aromatic carbocycles. The highest BCUT2D eigenvalue weighted by molar-refractivity contribution is 5.86. The summed E-state index contributed by atoms with van der Waals surface area (Å²) >= 11 is 0. The van der Waals surface area contributed by atoms with Crippen LogP contribution in [0, 0.1) is 5.41 Å². The van der Waals surface area contributed by atoms with E-state index in [9.17, 15) is 9.59 Å². The Morgan fingerprint density at radius 1 is 1.18 bits per heavy atom. The van der Waals surface area contributed by atoms with Gasteiger partial charge in [-0.15, -0.1) is 0 Å². The number of rotatable bonds is 2. The molecule has 1 heterocycles. The highest BCUT2D eigenvalue weighted by Gasteiger charge is 2.64. The third kappa shape index (κ3) is 1.85. The molecule has 2 unspecified atom stereocenters. The Morgan fingerprint density at radius 2 is 1.91 bits per heavy atom. The van der Waals surface area contributed by atoms with Gasteiger partial charge in [0.2, 0.25) is 0 Å². The van der Waals surface area contributed by atoms with Gasteiger partial charge in [-0.2, -0.15) is 0 Å². The zero-order valence-corrected chi connectivity index (χ0v) is 12.5. The average Bonchev–Trinajstić information content (AvgIpc) is 2.55. The van der Waals surface area contributed by atoms with Crippen LogP contribution < -0.4 is 0 Å². The number of carbonyl (C=O) groups is 2. The molecule has 0 radical (unpaired) electrons. The summed E-state index contributed by atoms with van der Waals surface area (Å²) in [6.45, 7) is 0.400. The molecule has 1 aliphatic heterocycles. The van der Waals surface area contributed by atoms with Gasteiger partial charge in [-0.05, 0) is 24.8 Å². The minimum absolute atomic E-state index is 0.238. The summed E-state index contributed by atoms with van der Waals surface area (Å²) in [6.07, 6.45) is 4.72. The Morgan fingerprint density at radius 3 is 2.36 bits per heavy atom. The molecule has 0 saturated heterocycles. The molecule has 1 aromatic rings. The Kier molecular flexibility index (Phi) is 3.43. The Hall–Kier alpha value is -2.30. The fourth-order valence-corrected chi connectivity index (χ4v) is 3.88. The van der Waals surface area contributed by atoms with E-state index < -0.39 is 11.5 Å². The Balaban J connectivity index is 2.04. The van der Waals surface area contributed by atoms with E-state index in [-0.39, 0.29) is 11.4 Å². The van der Waals surface area contributed by atoms with Gasteiger partial charge in [0.25, 0.3) is 0 Å². The normalized spacial score (nSPS) is 30.0. The van der Waals surface area contributed by atoms with Crippen molar-refractivity contribution < 1.29 is 19.4 Å². The van der Waals surface area contributed by atoms with Gasteiger partial charge in [-0.3, -0.25) is 9.69 Å². The lowest BCUT2D eigenvalue weighted by atomic mass is 9.45. The molecule has 22 heavy (non-hydrogen) atoms. The third-order valence-corrected chi connectivity index (χ3v) is 5.21. The largest absolute Gasteiger partial charge is 0.468 e. The van der Waals surface area contributed by atoms with Crippen molar-refractivity contribution in [3.05, 3.63) is 48.2 Å². The molecular weight excluding hydrogens is 282 g/mol. The molecule has 5 heteroatoms. The summed E-state index contributed by atoms with van der Waals surface area (Å²) in [5.41, 5.74) is -0.112. The van der Waals surface area contributed by atoms with Crippen LogP contribution in [-0.2, 0) is 14.9 Å². The number of carbonyl (C=O) groups excluding carboxylic acids is 1. The molecule has 0 bridgehead atoms. The number of amides is 1. The van der Waals surface area contributed by atoms with Crippen molar-refractivity contribution in [1.29, 1.82) is 0 Å². The van der Waals surface area contributed by atoms with Crippen LogP contribution in [0.15, 0.2) is 42.6 Å². The summed E-state index contributed by atoms with van der Waals surface area (Å²) < 4.78 is 5.11. The molecule has 1 aliphatic carbocycles. The number of ether oxygens (including phenoxy) is 1. The van der Waals surface area contributed by atoms with Crippen molar-refractivity contribution in [3.8, 4) is 0 Å². The summed E-state index contributed by atoms with van der Waals surface area (Å²) in [5.74, 6) is -0.238. The SMILES string of the molecule is COC(=O)C1(c2ccccc2)CCC12C=CN(C(=O)O)CC2. The van der Waals surface area contributed by atoms with E-state index in [1.54, 1.807) is 6.20 Å². The maximum absolute atomic E-state index is 12.6. The predicted octanol–water partition coefficient (Wildman–Crippen LogP) is 2.78. The predicted molar refractivity (Wildman–Crippen MR) is 80.3 cm³/mol. The van der Waals surface area contributed by atoms with Gasteiger partial charge >= 0.3 is 12.1 Å². The number of methoxy groups -OCH3 is 1.